The number of rotatable bonds is 13. The number of aromatic amines is 1. The molecule has 1 amide bonds. The number of nitrogens with zero attached hydrogens (tertiary/aromatic N) is 1. The summed E-state index contributed by atoms with van der Waals surface area (Å²) in [5, 5.41) is 38.2. The summed E-state index contributed by atoms with van der Waals surface area (Å²) in [6.45, 7) is 1.46. The van der Waals surface area contributed by atoms with Crippen LogP contribution in [-0.2, 0) is 10.4 Å². The second-order valence-corrected chi connectivity index (χ2v) is 10.1. The van der Waals surface area contributed by atoms with Crippen LogP contribution in [0, 0.1) is 10.8 Å². The highest BCUT2D eigenvalue weighted by atomic mass is 16.5. The van der Waals surface area contributed by atoms with Gasteiger partial charge in [-0.05, 0) is 74.0 Å². The molecule has 10 nitrogen and oxygen atoms in total. The van der Waals surface area contributed by atoms with Gasteiger partial charge >= 0.3 is 5.91 Å². The van der Waals surface area contributed by atoms with Gasteiger partial charge in [-0.3, -0.25) is 9.59 Å². The highest BCUT2D eigenvalue weighted by Gasteiger charge is 2.47. The fourth-order valence-electron chi connectivity index (χ4n) is 5.39. The number of H-pyrrole nitrogens is 1. The Labute approximate surface area is 226 Å². The maximum Gasteiger partial charge on any atom is 0.322 e. The third-order valence-electron chi connectivity index (χ3n) is 7.50. The SMILES string of the molecule is O=NC(=O)C(O)(c1cccc(OCCCCCNC[C@H](O)c2ccc(O)c3[nH]c(=O)ccc23)c1)C1CCCC1. The van der Waals surface area contributed by atoms with Crippen molar-refractivity contribution in [3.05, 3.63) is 74.9 Å². The number of pyridine rings is 1. The third kappa shape index (κ3) is 6.52. The number of hydrogen-bond acceptors (Lipinski definition) is 8. The average Bonchev–Trinajstić information content (AvgIpc) is 3.50. The first kappa shape index (κ1) is 28.4. The Morgan fingerprint density at radius 2 is 1.92 bits per heavy atom. The molecule has 0 saturated heterocycles. The van der Waals surface area contributed by atoms with Crippen LogP contribution in [0.1, 0.15) is 62.2 Å². The van der Waals surface area contributed by atoms with Gasteiger partial charge in [0.2, 0.25) is 5.56 Å². The molecule has 2 aromatic carbocycles. The van der Waals surface area contributed by atoms with Crippen molar-refractivity contribution < 1.29 is 24.9 Å². The van der Waals surface area contributed by atoms with E-state index in [2.05, 4.69) is 15.5 Å². The zero-order valence-corrected chi connectivity index (χ0v) is 21.8. The molecule has 0 aliphatic heterocycles. The van der Waals surface area contributed by atoms with Crippen LogP contribution in [0.5, 0.6) is 11.5 Å². The zero-order chi connectivity index (χ0) is 27.8. The van der Waals surface area contributed by atoms with Crippen molar-refractivity contribution in [1.82, 2.24) is 10.3 Å². The molecule has 208 valence electrons. The first-order chi connectivity index (χ1) is 18.8. The molecule has 0 radical (unpaired) electrons. The number of fused-ring (bicyclic) bond motifs is 1. The number of unbranched alkanes of at least 4 members (excludes halogenated alkanes) is 2. The van der Waals surface area contributed by atoms with E-state index in [0.29, 0.717) is 60.3 Å². The summed E-state index contributed by atoms with van der Waals surface area (Å²) in [4.78, 5) is 37.5. The smallest absolute Gasteiger partial charge is 0.322 e. The number of ether oxygens (including phenoxy) is 1. The molecular formula is C29H35N3O7. The minimum atomic E-state index is -1.92. The molecule has 5 N–H and O–H groups in total. The van der Waals surface area contributed by atoms with Crippen LogP contribution < -0.4 is 15.6 Å². The lowest BCUT2D eigenvalue weighted by molar-refractivity contribution is -0.143. The molecular weight excluding hydrogens is 502 g/mol. The van der Waals surface area contributed by atoms with E-state index in [1.807, 2.05) is 0 Å². The number of benzene rings is 2. The molecule has 1 aromatic heterocycles. The second-order valence-electron chi connectivity index (χ2n) is 10.1. The van der Waals surface area contributed by atoms with E-state index >= 15 is 0 Å². The quantitative estimate of drug-likeness (QED) is 0.163. The zero-order valence-electron chi connectivity index (χ0n) is 21.8. The number of aliphatic hydroxyl groups excluding tert-OH is 1. The van der Waals surface area contributed by atoms with Gasteiger partial charge in [0.1, 0.15) is 11.5 Å². The first-order valence-corrected chi connectivity index (χ1v) is 13.4. The lowest BCUT2D eigenvalue weighted by atomic mass is 9.79. The molecule has 2 atom stereocenters. The Morgan fingerprint density at radius 3 is 2.69 bits per heavy atom. The number of aliphatic hydroxyl groups is 2. The largest absolute Gasteiger partial charge is 0.506 e. The number of carbonyl (C=O) groups is 1. The number of carbonyl (C=O) groups excluding carboxylic acids is 1. The van der Waals surface area contributed by atoms with Crippen LogP contribution in [0.15, 0.2) is 58.5 Å². The van der Waals surface area contributed by atoms with E-state index < -0.39 is 17.6 Å². The van der Waals surface area contributed by atoms with Crippen LogP contribution >= 0.6 is 0 Å². The number of hydrogen-bond donors (Lipinski definition) is 5. The van der Waals surface area contributed by atoms with E-state index in [1.165, 1.54) is 12.1 Å². The van der Waals surface area contributed by atoms with Crippen molar-refractivity contribution in [3.8, 4) is 11.5 Å². The summed E-state index contributed by atoms with van der Waals surface area (Å²) in [6.07, 6.45) is 4.86. The van der Waals surface area contributed by atoms with Gasteiger partial charge in [0.15, 0.2) is 5.60 Å². The number of nitroso groups, excluding NO2 is 1. The number of aromatic hydroxyl groups is 1. The van der Waals surface area contributed by atoms with Crippen molar-refractivity contribution in [2.24, 2.45) is 11.1 Å². The van der Waals surface area contributed by atoms with Crippen molar-refractivity contribution in [2.45, 2.75) is 56.7 Å². The van der Waals surface area contributed by atoms with Crippen LogP contribution in [-0.4, -0.2) is 45.9 Å². The third-order valence-corrected chi connectivity index (χ3v) is 7.50. The van der Waals surface area contributed by atoms with Crippen LogP contribution in [0.2, 0.25) is 0 Å². The van der Waals surface area contributed by atoms with Crippen molar-refractivity contribution >= 4 is 16.8 Å². The molecule has 0 bridgehead atoms. The van der Waals surface area contributed by atoms with Crippen molar-refractivity contribution in [2.75, 3.05) is 19.7 Å². The van der Waals surface area contributed by atoms with Gasteiger partial charge in [-0.2, -0.15) is 0 Å². The maximum absolute atomic E-state index is 12.3. The van der Waals surface area contributed by atoms with Crippen LogP contribution in [0.25, 0.3) is 10.9 Å². The molecule has 1 heterocycles. The van der Waals surface area contributed by atoms with E-state index in [9.17, 15) is 29.8 Å². The van der Waals surface area contributed by atoms with E-state index in [-0.39, 0.29) is 17.2 Å². The Hall–Kier alpha value is -3.60. The number of phenols is 1. The summed E-state index contributed by atoms with van der Waals surface area (Å²) in [7, 11) is 0. The molecule has 1 saturated carbocycles. The minimum Gasteiger partial charge on any atom is -0.506 e. The van der Waals surface area contributed by atoms with E-state index in [1.54, 1.807) is 36.4 Å². The monoisotopic (exact) mass is 537 g/mol. The predicted molar refractivity (Wildman–Crippen MR) is 147 cm³/mol. The van der Waals surface area contributed by atoms with E-state index in [0.717, 1.165) is 32.1 Å². The lowest BCUT2D eigenvalue weighted by Crippen LogP contribution is -2.41. The van der Waals surface area contributed by atoms with Crippen molar-refractivity contribution in [3.63, 3.8) is 0 Å². The molecule has 1 fully saturated rings. The Kier molecular flexibility index (Phi) is 9.45. The summed E-state index contributed by atoms with van der Waals surface area (Å²) >= 11 is 0. The summed E-state index contributed by atoms with van der Waals surface area (Å²) in [5.41, 5.74) is -0.980. The van der Waals surface area contributed by atoms with Gasteiger partial charge in [0.25, 0.3) is 0 Å². The molecule has 39 heavy (non-hydrogen) atoms. The molecule has 10 heteroatoms. The number of phenolic OH excluding ortho intramolecular Hbond substituents is 1. The average molecular weight is 538 g/mol. The lowest BCUT2D eigenvalue weighted by Gasteiger charge is -2.30. The Morgan fingerprint density at radius 1 is 1.13 bits per heavy atom. The summed E-state index contributed by atoms with van der Waals surface area (Å²) in [6, 6.07) is 12.8. The Balaban J connectivity index is 1.21. The van der Waals surface area contributed by atoms with Crippen molar-refractivity contribution in [1.29, 1.82) is 0 Å². The molecule has 3 aromatic rings. The standard InChI is InChI=1S/C29H35N3O7/c33-24-13-11-22(23-12-14-26(35)31-27(23)24)25(34)18-30-15-4-1-5-16-39-21-10-6-9-20(17-21)29(37,28(36)32-38)19-7-2-3-8-19/h6,9-14,17,19,25,30,33-34,37H,1-5,7-8,15-16,18H2,(H,31,35)/t25-,29?/m0/s1. The molecule has 1 unspecified atom stereocenters. The highest BCUT2D eigenvalue weighted by molar-refractivity contribution is 5.88. The summed E-state index contributed by atoms with van der Waals surface area (Å²) in [5.74, 6) is -0.915. The van der Waals surface area contributed by atoms with Crippen LogP contribution in [0.3, 0.4) is 0 Å². The second kappa shape index (κ2) is 13.0. The fourth-order valence-corrected chi connectivity index (χ4v) is 5.39. The van der Waals surface area contributed by atoms with Gasteiger partial charge < -0.3 is 30.4 Å². The number of nitrogens with one attached hydrogen (secondary N) is 2. The van der Waals surface area contributed by atoms with E-state index in [4.69, 9.17) is 4.74 Å². The van der Waals surface area contributed by atoms with Gasteiger partial charge in [0, 0.05) is 29.1 Å². The molecule has 1 aliphatic carbocycles. The normalized spacial score (nSPS) is 16.2. The summed E-state index contributed by atoms with van der Waals surface area (Å²) < 4.78 is 5.84. The minimum absolute atomic E-state index is 0.0449. The number of amides is 1. The fraction of sp³-hybridized carbons (Fsp3) is 0.448. The maximum atomic E-state index is 12.3. The molecule has 0 spiro atoms. The van der Waals surface area contributed by atoms with Gasteiger partial charge in [-0.15, -0.1) is 4.91 Å². The first-order valence-electron chi connectivity index (χ1n) is 13.4. The molecule has 1 aliphatic rings. The van der Waals surface area contributed by atoms with Gasteiger partial charge in [-0.25, -0.2) is 0 Å². The number of aromatic nitrogens is 1. The van der Waals surface area contributed by atoms with Crippen LogP contribution in [0.4, 0.5) is 0 Å². The Bertz CT molecular complexity index is 1350. The predicted octanol–water partition coefficient (Wildman–Crippen LogP) is 3.78. The highest BCUT2D eigenvalue weighted by Crippen LogP contribution is 2.42. The van der Waals surface area contributed by atoms with Gasteiger partial charge in [0.05, 0.1) is 18.2 Å². The van der Waals surface area contributed by atoms with Gasteiger partial charge in [-0.1, -0.05) is 31.0 Å². The topological polar surface area (TPSA) is 161 Å². The molecule has 4 rings (SSSR count).